The van der Waals surface area contributed by atoms with Crippen LogP contribution < -0.4 is 21.3 Å². The summed E-state index contributed by atoms with van der Waals surface area (Å²) in [6.07, 6.45) is 18.1. The van der Waals surface area contributed by atoms with Gasteiger partial charge in [0.05, 0.1) is 14.2 Å². The Morgan fingerprint density at radius 3 is 1.00 bits per heavy atom. The maximum atomic E-state index is 13.2. The van der Waals surface area contributed by atoms with Crippen LogP contribution in [0.2, 0.25) is 0 Å². The number of carbonyl (C=O) groups excluding carboxylic acids is 6. The van der Waals surface area contributed by atoms with E-state index in [-0.39, 0.29) is 35.3 Å². The summed E-state index contributed by atoms with van der Waals surface area (Å²) in [5.41, 5.74) is -1.48. The second-order valence-electron chi connectivity index (χ2n) is 16.6. The van der Waals surface area contributed by atoms with Gasteiger partial charge in [0.2, 0.25) is 11.8 Å². The Balaban J connectivity index is 4.83. The number of methoxy groups -OCH3 is 2. The predicted molar refractivity (Wildman–Crippen MR) is 234 cm³/mol. The molecule has 0 aromatic carbocycles. The summed E-state index contributed by atoms with van der Waals surface area (Å²) in [6, 6.07) is -1.74. The second-order valence-corrected chi connectivity index (χ2v) is 19.1. The Labute approximate surface area is 357 Å². The fourth-order valence-electron chi connectivity index (χ4n) is 5.63. The topological polar surface area (TPSA) is 187 Å². The monoisotopic (exact) mass is 863 g/mol. The Morgan fingerprint density at radius 1 is 0.448 bits per heavy atom. The molecule has 0 heterocycles. The van der Waals surface area contributed by atoms with Gasteiger partial charge in [-0.2, -0.15) is 0 Å². The maximum absolute atomic E-state index is 13.2. The van der Waals surface area contributed by atoms with E-state index in [2.05, 4.69) is 30.7 Å². The molecule has 2 unspecified atom stereocenters. The number of hydrogen-bond acceptors (Lipinski definition) is 12. The third kappa shape index (κ3) is 35.1. The van der Waals surface area contributed by atoms with Crippen LogP contribution in [0.4, 0.5) is 9.59 Å². The summed E-state index contributed by atoms with van der Waals surface area (Å²) >= 11 is 0. The van der Waals surface area contributed by atoms with Crippen molar-refractivity contribution in [3.63, 3.8) is 0 Å². The van der Waals surface area contributed by atoms with Crippen LogP contribution >= 0.6 is 21.6 Å². The number of ether oxygens (including phenoxy) is 4. The highest BCUT2D eigenvalue weighted by molar-refractivity contribution is 8.76. The molecule has 14 nitrogen and oxygen atoms in total. The van der Waals surface area contributed by atoms with Crippen LogP contribution in [0.15, 0.2) is 0 Å². The lowest BCUT2D eigenvalue weighted by atomic mass is 10.1. The second kappa shape index (κ2) is 33.9. The Kier molecular flexibility index (Phi) is 32.2. The van der Waals surface area contributed by atoms with Crippen LogP contribution in [-0.2, 0) is 38.1 Å². The fraction of sp³-hybridized carbons (Fsp3) is 0.857. The average molecular weight is 863 g/mol. The molecule has 338 valence electrons. The number of esters is 2. The first kappa shape index (κ1) is 55.1. The number of unbranched alkanes of at least 4 members (excludes halogenated alkanes) is 16. The average Bonchev–Trinajstić information content (AvgIpc) is 3.14. The number of hydrogen-bond donors (Lipinski definition) is 4. The van der Waals surface area contributed by atoms with Gasteiger partial charge in [0, 0.05) is 37.4 Å². The third-order valence-corrected chi connectivity index (χ3v) is 11.2. The lowest BCUT2D eigenvalue weighted by molar-refractivity contribution is -0.141. The van der Waals surface area contributed by atoms with Gasteiger partial charge in [0.25, 0.3) is 0 Å². The van der Waals surface area contributed by atoms with Crippen LogP contribution in [0.3, 0.4) is 0 Å². The van der Waals surface area contributed by atoms with E-state index in [0.717, 1.165) is 116 Å². The minimum Gasteiger partial charge on any atom is -0.469 e. The van der Waals surface area contributed by atoms with Gasteiger partial charge in [-0.15, -0.1) is 0 Å². The first-order valence-electron chi connectivity index (χ1n) is 21.4. The highest BCUT2D eigenvalue weighted by Crippen LogP contribution is 2.24. The number of nitrogens with one attached hydrogen (secondary N) is 4. The van der Waals surface area contributed by atoms with Crippen molar-refractivity contribution < 1.29 is 47.7 Å². The minimum absolute atomic E-state index is 0.154. The van der Waals surface area contributed by atoms with Crippen molar-refractivity contribution in [1.82, 2.24) is 21.3 Å². The van der Waals surface area contributed by atoms with E-state index in [1.807, 2.05) is 0 Å². The van der Waals surface area contributed by atoms with Crippen molar-refractivity contribution in [2.75, 3.05) is 38.8 Å². The smallest absolute Gasteiger partial charge is 0.408 e. The van der Waals surface area contributed by atoms with Gasteiger partial charge in [-0.1, -0.05) is 111 Å². The summed E-state index contributed by atoms with van der Waals surface area (Å²) < 4.78 is 20.2. The largest absolute Gasteiger partial charge is 0.469 e. The highest BCUT2D eigenvalue weighted by atomic mass is 33.1. The Bertz CT molecular complexity index is 1080. The van der Waals surface area contributed by atoms with E-state index in [0.29, 0.717) is 25.9 Å². The summed E-state index contributed by atoms with van der Waals surface area (Å²) in [6.45, 7) is 11.5. The van der Waals surface area contributed by atoms with Gasteiger partial charge in [-0.05, 0) is 67.2 Å². The lowest BCUT2D eigenvalue weighted by Crippen LogP contribution is -2.50. The molecule has 0 aliphatic carbocycles. The van der Waals surface area contributed by atoms with E-state index in [4.69, 9.17) is 9.47 Å². The molecule has 0 rings (SSSR count). The van der Waals surface area contributed by atoms with E-state index in [9.17, 15) is 28.8 Å². The SMILES string of the molecule is COC(=O)CCCCCCCCCCCNC(=O)C(CSSCC(NC(=O)OC(C)(C)C)C(=O)NCCCCCCCCCCCC(=O)OC)NC(=O)OC(C)(C)C. The number of carbonyl (C=O) groups is 6. The molecule has 0 saturated heterocycles. The van der Waals surface area contributed by atoms with Gasteiger partial charge in [0.15, 0.2) is 0 Å². The fourth-order valence-corrected chi connectivity index (χ4v) is 7.96. The van der Waals surface area contributed by atoms with Crippen LogP contribution in [0.25, 0.3) is 0 Å². The van der Waals surface area contributed by atoms with Crippen LogP contribution in [0.1, 0.15) is 170 Å². The van der Waals surface area contributed by atoms with Crippen molar-refractivity contribution in [1.29, 1.82) is 0 Å². The molecular formula is C42H78N4O10S2. The number of amides is 4. The maximum Gasteiger partial charge on any atom is 0.408 e. The molecule has 0 aliphatic rings. The Hall–Kier alpha value is -2.88. The van der Waals surface area contributed by atoms with E-state index >= 15 is 0 Å². The van der Waals surface area contributed by atoms with Crippen molar-refractivity contribution in [2.45, 2.75) is 193 Å². The van der Waals surface area contributed by atoms with E-state index < -0.39 is 35.5 Å². The van der Waals surface area contributed by atoms with Crippen molar-refractivity contribution in [2.24, 2.45) is 0 Å². The molecular weight excluding hydrogens is 785 g/mol. The van der Waals surface area contributed by atoms with Gasteiger partial charge in [-0.3, -0.25) is 19.2 Å². The molecule has 4 N–H and O–H groups in total. The molecule has 0 aromatic rings. The molecule has 2 atom stereocenters. The molecule has 0 aliphatic heterocycles. The molecule has 0 saturated carbocycles. The molecule has 0 fully saturated rings. The number of rotatable bonds is 33. The predicted octanol–water partition coefficient (Wildman–Crippen LogP) is 8.53. The molecule has 0 aromatic heterocycles. The van der Waals surface area contributed by atoms with Crippen LogP contribution in [0, 0.1) is 0 Å². The summed E-state index contributed by atoms with van der Waals surface area (Å²) in [5, 5.41) is 11.3. The zero-order chi connectivity index (χ0) is 43.7. The molecule has 0 spiro atoms. The molecule has 16 heteroatoms. The summed E-state index contributed by atoms with van der Waals surface area (Å²) in [7, 11) is 5.46. The third-order valence-electron chi connectivity index (χ3n) is 8.74. The normalized spacial score (nSPS) is 12.5. The summed E-state index contributed by atoms with van der Waals surface area (Å²) in [5.74, 6) is -0.517. The van der Waals surface area contributed by atoms with Crippen LogP contribution in [-0.4, -0.2) is 98.0 Å². The molecule has 0 bridgehead atoms. The Morgan fingerprint density at radius 2 is 0.724 bits per heavy atom. The first-order chi connectivity index (χ1) is 27.5. The summed E-state index contributed by atoms with van der Waals surface area (Å²) in [4.78, 5) is 74.1. The van der Waals surface area contributed by atoms with Gasteiger partial charge >= 0.3 is 24.1 Å². The van der Waals surface area contributed by atoms with Gasteiger partial charge in [-0.25, -0.2) is 9.59 Å². The zero-order valence-electron chi connectivity index (χ0n) is 37.0. The van der Waals surface area contributed by atoms with E-state index in [1.165, 1.54) is 35.8 Å². The standard InChI is InChI=1S/C42H78N4O10S2/c1-41(2,3)55-39(51)45-33(37(49)43-29-25-21-17-13-9-11-15-19-23-27-35(47)53-7)31-57-58-32-34(46-40(52)56-42(4,5)6)38(50)44-30-26-22-18-14-10-12-16-20-24-28-36(48)54-8/h33-34H,9-32H2,1-8H3,(H,43,49)(H,44,50)(H,45,51)(H,46,52). The van der Waals surface area contributed by atoms with Crippen LogP contribution in [0.5, 0.6) is 0 Å². The van der Waals surface area contributed by atoms with Gasteiger partial charge in [0.1, 0.15) is 23.3 Å². The molecule has 58 heavy (non-hydrogen) atoms. The van der Waals surface area contributed by atoms with Crippen molar-refractivity contribution in [3.8, 4) is 0 Å². The number of alkyl carbamates (subject to hydrolysis) is 2. The van der Waals surface area contributed by atoms with Crippen molar-refractivity contribution in [3.05, 3.63) is 0 Å². The highest BCUT2D eigenvalue weighted by Gasteiger charge is 2.27. The van der Waals surface area contributed by atoms with E-state index in [1.54, 1.807) is 41.5 Å². The molecule has 4 amide bonds. The molecule has 0 radical (unpaired) electrons. The lowest BCUT2D eigenvalue weighted by Gasteiger charge is -2.24. The van der Waals surface area contributed by atoms with Gasteiger partial charge < -0.3 is 40.2 Å². The first-order valence-corrected chi connectivity index (χ1v) is 23.9. The minimum atomic E-state index is -0.871. The zero-order valence-corrected chi connectivity index (χ0v) is 38.7. The quantitative estimate of drug-likeness (QED) is 0.0214. The van der Waals surface area contributed by atoms with Crippen molar-refractivity contribution >= 4 is 57.5 Å².